The maximum Gasteiger partial charge on any atom is 0.233 e. The molecule has 0 saturated heterocycles. The summed E-state index contributed by atoms with van der Waals surface area (Å²) in [6.45, 7) is 7.49. The number of carbonyl (C=O) groups excluding carboxylic acids is 2. The molecule has 1 aromatic rings. The summed E-state index contributed by atoms with van der Waals surface area (Å²) in [5.74, 6) is -1.72. The molecule has 3 rings (SSSR count). The monoisotopic (exact) mass is 389 g/mol. The summed E-state index contributed by atoms with van der Waals surface area (Å²) in [6.07, 6.45) is 5.02. The first-order valence-electron chi connectivity index (χ1n) is 10.3. The van der Waals surface area contributed by atoms with Gasteiger partial charge in [-0.2, -0.15) is 0 Å². The summed E-state index contributed by atoms with van der Waals surface area (Å²) in [6, 6.07) is 4.74. The van der Waals surface area contributed by atoms with E-state index in [0.717, 1.165) is 49.9 Å². The minimum atomic E-state index is -0.751. The molecule has 1 aliphatic heterocycles. The fourth-order valence-electron chi connectivity index (χ4n) is 4.89. The largest absolute Gasteiger partial charge is 0.369 e. The number of anilines is 1. The van der Waals surface area contributed by atoms with Gasteiger partial charge in [-0.05, 0) is 49.4 Å². The number of amides is 2. The lowest BCUT2D eigenvalue weighted by atomic mass is 9.79. The fraction of sp³-hybridized carbons (Fsp3) is 0.636. The lowest BCUT2D eigenvalue weighted by Crippen LogP contribution is -2.49. The third-order valence-corrected chi connectivity index (χ3v) is 6.21. The van der Waals surface area contributed by atoms with Gasteiger partial charge >= 0.3 is 0 Å². The standard InChI is InChI=1S/C22H32FN3O2/c1-14(25-21(28)19(20(24)27)15-7-5-4-6-8-15)12-26-13-22(2,3)17-11-16(23)9-10-18(17)26/h9-11,14-15,19H,4-8,12-13H2,1-3H3,(H2,24,27)(H,25,28). The van der Waals surface area contributed by atoms with Crippen LogP contribution in [-0.4, -0.2) is 30.9 Å². The van der Waals surface area contributed by atoms with Crippen molar-refractivity contribution in [1.29, 1.82) is 0 Å². The smallest absolute Gasteiger partial charge is 0.233 e. The molecule has 2 unspecified atom stereocenters. The summed E-state index contributed by atoms with van der Waals surface area (Å²) in [5, 5.41) is 3.00. The van der Waals surface area contributed by atoms with E-state index < -0.39 is 11.8 Å². The summed E-state index contributed by atoms with van der Waals surface area (Å²) in [5.41, 5.74) is 7.42. The van der Waals surface area contributed by atoms with Gasteiger partial charge in [-0.3, -0.25) is 9.59 Å². The summed E-state index contributed by atoms with van der Waals surface area (Å²) < 4.78 is 13.7. The van der Waals surface area contributed by atoms with Crippen LogP contribution in [0.3, 0.4) is 0 Å². The van der Waals surface area contributed by atoms with Crippen molar-refractivity contribution >= 4 is 17.5 Å². The molecular weight excluding hydrogens is 357 g/mol. The fourth-order valence-corrected chi connectivity index (χ4v) is 4.89. The SMILES string of the molecule is CC(CN1CC(C)(C)c2cc(F)ccc21)NC(=O)C(C(N)=O)C1CCCCC1. The van der Waals surface area contributed by atoms with Gasteiger partial charge in [0.1, 0.15) is 11.7 Å². The van der Waals surface area contributed by atoms with E-state index in [-0.39, 0.29) is 29.1 Å². The zero-order valence-electron chi connectivity index (χ0n) is 17.1. The Balaban J connectivity index is 1.66. The van der Waals surface area contributed by atoms with Gasteiger partial charge in [0.2, 0.25) is 11.8 Å². The number of rotatable bonds is 6. The van der Waals surface area contributed by atoms with Gasteiger partial charge in [0, 0.05) is 30.2 Å². The van der Waals surface area contributed by atoms with Gasteiger partial charge < -0.3 is 16.0 Å². The number of fused-ring (bicyclic) bond motifs is 1. The molecule has 0 radical (unpaired) electrons. The highest BCUT2D eigenvalue weighted by Crippen LogP contribution is 2.40. The van der Waals surface area contributed by atoms with Crippen molar-refractivity contribution in [2.75, 3.05) is 18.0 Å². The lowest BCUT2D eigenvalue weighted by Gasteiger charge is -2.30. The van der Waals surface area contributed by atoms with Crippen molar-refractivity contribution in [1.82, 2.24) is 5.32 Å². The third kappa shape index (κ3) is 4.31. The first-order chi connectivity index (χ1) is 13.2. The normalized spacial score (nSPS) is 21.1. The second kappa shape index (κ2) is 8.10. The van der Waals surface area contributed by atoms with Crippen molar-refractivity contribution in [3.8, 4) is 0 Å². The molecule has 2 amide bonds. The Kier molecular flexibility index (Phi) is 5.96. The lowest BCUT2D eigenvalue weighted by molar-refractivity contribution is -0.136. The average molecular weight is 390 g/mol. The number of hydrogen-bond acceptors (Lipinski definition) is 3. The van der Waals surface area contributed by atoms with Gasteiger partial charge in [-0.25, -0.2) is 4.39 Å². The maximum absolute atomic E-state index is 13.7. The molecule has 1 aliphatic carbocycles. The Morgan fingerprint density at radius 1 is 1.29 bits per heavy atom. The van der Waals surface area contributed by atoms with Crippen LogP contribution in [0.15, 0.2) is 18.2 Å². The summed E-state index contributed by atoms with van der Waals surface area (Å²) >= 11 is 0. The summed E-state index contributed by atoms with van der Waals surface area (Å²) in [4.78, 5) is 26.9. The second-order valence-electron chi connectivity index (χ2n) is 9.11. The highest BCUT2D eigenvalue weighted by molar-refractivity contribution is 6.00. The van der Waals surface area contributed by atoms with Crippen LogP contribution >= 0.6 is 0 Å². The maximum atomic E-state index is 13.7. The van der Waals surface area contributed by atoms with E-state index in [1.165, 1.54) is 6.07 Å². The quantitative estimate of drug-likeness (QED) is 0.734. The van der Waals surface area contributed by atoms with E-state index >= 15 is 0 Å². The van der Waals surface area contributed by atoms with E-state index in [1.807, 2.05) is 13.0 Å². The number of benzene rings is 1. The number of nitrogens with zero attached hydrogens (tertiary/aromatic N) is 1. The van der Waals surface area contributed by atoms with Crippen molar-refractivity contribution < 1.29 is 14.0 Å². The van der Waals surface area contributed by atoms with Gasteiger partial charge in [-0.1, -0.05) is 33.1 Å². The van der Waals surface area contributed by atoms with Crippen LogP contribution in [0.1, 0.15) is 58.4 Å². The number of nitrogens with two attached hydrogens (primary N) is 1. The predicted molar refractivity (Wildman–Crippen MR) is 109 cm³/mol. The van der Waals surface area contributed by atoms with E-state index in [2.05, 4.69) is 24.1 Å². The zero-order valence-corrected chi connectivity index (χ0v) is 17.1. The topological polar surface area (TPSA) is 75.4 Å². The molecule has 28 heavy (non-hydrogen) atoms. The van der Waals surface area contributed by atoms with Crippen LogP contribution in [0, 0.1) is 17.7 Å². The Hall–Kier alpha value is -2.11. The first kappa shape index (κ1) is 20.6. The highest BCUT2D eigenvalue weighted by Gasteiger charge is 2.37. The first-order valence-corrected chi connectivity index (χ1v) is 10.3. The molecule has 2 aliphatic rings. The molecule has 2 atom stereocenters. The zero-order chi connectivity index (χ0) is 20.5. The van der Waals surface area contributed by atoms with Gasteiger partial charge in [0.25, 0.3) is 0 Å². The molecule has 6 heteroatoms. The van der Waals surface area contributed by atoms with E-state index in [9.17, 15) is 14.0 Å². The van der Waals surface area contributed by atoms with Crippen LogP contribution in [0.4, 0.5) is 10.1 Å². The number of primary amides is 1. The summed E-state index contributed by atoms with van der Waals surface area (Å²) in [7, 11) is 0. The number of hydrogen-bond donors (Lipinski definition) is 2. The molecule has 0 bridgehead atoms. The molecule has 0 spiro atoms. The molecule has 3 N–H and O–H groups in total. The number of nitrogens with one attached hydrogen (secondary N) is 1. The molecule has 1 fully saturated rings. The van der Waals surface area contributed by atoms with Crippen LogP contribution < -0.4 is 16.0 Å². The van der Waals surface area contributed by atoms with Crippen molar-refractivity contribution in [3.63, 3.8) is 0 Å². The number of carbonyl (C=O) groups is 2. The Labute approximate surface area is 166 Å². The van der Waals surface area contributed by atoms with Gasteiger partial charge in [-0.15, -0.1) is 0 Å². The van der Waals surface area contributed by atoms with E-state index in [4.69, 9.17) is 5.73 Å². The molecule has 1 saturated carbocycles. The Morgan fingerprint density at radius 2 is 1.96 bits per heavy atom. The number of halogens is 1. The second-order valence-corrected chi connectivity index (χ2v) is 9.11. The van der Waals surface area contributed by atoms with Crippen molar-refractivity contribution in [2.24, 2.45) is 17.6 Å². The van der Waals surface area contributed by atoms with Crippen LogP contribution in [0.5, 0.6) is 0 Å². The third-order valence-electron chi connectivity index (χ3n) is 6.21. The van der Waals surface area contributed by atoms with Crippen LogP contribution in [0.2, 0.25) is 0 Å². The average Bonchev–Trinajstić information content (AvgIpc) is 2.85. The van der Waals surface area contributed by atoms with Crippen LogP contribution in [-0.2, 0) is 15.0 Å². The van der Waals surface area contributed by atoms with Crippen molar-refractivity contribution in [3.05, 3.63) is 29.6 Å². The molecule has 5 nitrogen and oxygen atoms in total. The molecule has 154 valence electrons. The molecular formula is C22H32FN3O2. The Morgan fingerprint density at radius 3 is 2.61 bits per heavy atom. The van der Waals surface area contributed by atoms with E-state index in [1.54, 1.807) is 6.07 Å². The molecule has 0 aromatic heterocycles. The predicted octanol–water partition coefficient (Wildman–Crippen LogP) is 3.11. The highest BCUT2D eigenvalue weighted by atomic mass is 19.1. The Bertz CT molecular complexity index is 743. The molecule has 1 heterocycles. The molecule has 1 aromatic carbocycles. The minimum Gasteiger partial charge on any atom is -0.369 e. The van der Waals surface area contributed by atoms with Crippen molar-refractivity contribution in [2.45, 2.75) is 64.3 Å². The van der Waals surface area contributed by atoms with Crippen LogP contribution in [0.25, 0.3) is 0 Å². The van der Waals surface area contributed by atoms with Gasteiger partial charge in [0.15, 0.2) is 0 Å². The van der Waals surface area contributed by atoms with Gasteiger partial charge in [0.05, 0.1) is 0 Å². The minimum absolute atomic E-state index is 0.0490. The van der Waals surface area contributed by atoms with E-state index in [0.29, 0.717) is 6.54 Å².